The van der Waals surface area contributed by atoms with Crippen LogP contribution in [0.4, 0.5) is 0 Å². The summed E-state index contributed by atoms with van der Waals surface area (Å²) in [5.41, 5.74) is 1.41. The summed E-state index contributed by atoms with van der Waals surface area (Å²) in [6.07, 6.45) is 1.97. The molecule has 3 heteroatoms. The highest BCUT2D eigenvalue weighted by Crippen LogP contribution is 2.20. The molecule has 2 nitrogen and oxygen atoms in total. The van der Waals surface area contributed by atoms with Gasteiger partial charge >= 0.3 is 0 Å². The number of nitrogens with zero attached hydrogens (tertiary/aromatic N) is 1. The zero-order valence-electron chi connectivity index (χ0n) is 7.43. The second-order valence-electron chi connectivity index (χ2n) is 3.79. The molecule has 62 valence electrons. The first-order valence-corrected chi connectivity index (χ1v) is 4.08. The number of nitrogens with one attached hydrogen (secondary N) is 1. The largest absolute Gasteiger partial charge is 0.337 e. The number of imidazole rings is 1. The van der Waals surface area contributed by atoms with E-state index in [0.717, 1.165) is 4.77 Å². The Hall–Kier alpha value is -0.570. The number of hydrogen-bond acceptors (Lipinski definition) is 1. The predicted octanol–water partition coefficient (Wildman–Crippen LogP) is 2.38. The van der Waals surface area contributed by atoms with Crippen LogP contribution in [0.3, 0.4) is 0 Å². The first-order valence-electron chi connectivity index (χ1n) is 3.68. The lowest BCUT2D eigenvalue weighted by molar-refractivity contribution is 0.541. The summed E-state index contributed by atoms with van der Waals surface area (Å²) in [6.45, 7) is 6.51. The fourth-order valence-electron chi connectivity index (χ4n) is 1.15. The van der Waals surface area contributed by atoms with Crippen molar-refractivity contribution in [2.75, 3.05) is 0 Å². The van der Waals surface area contributed by atoms with Gasteiger partial charge in [0.2, 0.25) is 0 Å². The lowest BCUT2D eigenvalue weighted by Gasteiger charge is -2.18. The van der Waals surface area contributed by atoms with E-state index in [4.69, 9.17) is 12.2 Å². The Morgan fingerprint density at radius 3 is 2.18 bits per heavy atom. The van der Waals surface area contributed by atoms with Crippen molar-refractivity contribution in [1.82, 2.24) is 9.55 Å². The molecule has 1 aromatic heterocycles. The Morgan fingerprint density at radius 2 is 2.00 bits per heavy atom. The molecule has 0 fully saturated rings. The molecular weight excluding hydrogens is 156 g/mol. The Bertz CT molecular complexity index is 301. The third kappa shape index (κ3) is 1.53. The summed E-state index contributed by atoms with van der Waals surface area (Å²) >= 11 is 5.05. The highest BCUT2D eigenvalue weighted by Gasteiger charge is 2.16. The second kappa shape index (κ2) is 2.48. The molecule has 0 aliphatic rings. The molecule has 11 heavy (non-hydrogen) atoms. The van der Waals surface area contributed by atoms with Gasteiger partial charge in [0.1, 0.15) is 0 Å². The van der Waals surface area contributed by atoms with Crippen LogP contribution >= 0.6 is 12.2 Å². The quantitative estimate of drug-likeness (QED) is 0.593. The van der Waals surface area contributed by atoms with Gasteiger partial charge in [0.05, 0.1) is 0 Å². The van der Waals surface area contributed by atoms with Crippen molar-refractivity contribution >= 4 is 12.2 Å². The van der Waals surface area contributed by atoms with Crippen LogP contribution in [0.15, 0.2) is 6.20 Å². The van der Waals surface area contributed by atoms with Crippen molar-refractivity contribution in [3.8, 4) is 0 Å². The predicted molar refractivity (Wildman–Crippen MR) is 49.3 cm³/mol. The van der Waals surface area contributed by atoms with Gasteiger partial charge in [0, 0.05) is 24.4 Å². The fraction of sp³-hybridized carbons (Fsp3) is 0.625. The molecule has 0 spiro atoms. The Kier molecular flexibility index (Phi) is 1.92. The molecule has 1 heterocycles. The van der Waals surface area contributed by atoms with Gasteiger partial charge in [-0.25, -0.2) is 0 Å². The molecule has 0 aliphatic carbocycles. The third-order valence-corrected chi connectivity index (χ3v) is 2.16. The maximum absolute atomic E-state index is 5.05. The number of hydrogen-bond donors (Lipinski definition) is 1. The van der Waals surface area contributed by atoms with Crippen molar-refractivity contribution in [1.29, 1.82) is 0 Å². The summed E-state index contributed by atoms with van der Waals surface area (Å²) in [6, 6.07) is 0. The van der Waals surface area contributed by atoms with Gasteiger partial charge in [0.15, 0.2) is 4.77 Å². The fourth-order valence-corrected chi connectivity index (χ4v) is 1.31. The molecule has 1 aromatic rings. The normalized spacial score (nSPS) is 12.0. The summed E-state index contributed by atoms with van der Waals surface area (Å²) < 4.78 is 2.80. The van der Waals surface area contributed by atoms with E-state index in [1.807, 2.05) is 17.8 Å². The highest BCUT2D eigenvalue weighted by atomic mass is 32.1. The van der Waals surface area contributed by atoms with Gasteiger partial charge in [-0.1, -0.05) is 20.8 Å². The minimum absolute atomic E-state index is 0.169. The van der Waals surface area contributed by atoms with E-state index in [1.165, 1.54) is 5.69 Å². The average Bonchev–Trinajstić information content (AvgIpc) is 2.11. The van der Waals surface area contributed by atoms with Crippen molar-refractivity contribution in [3.63, 3.8) is 0 Å². The van der Waals surface area contributed by atoms with Crippen molar-refractivity contribution in [2.45, 2.75) is 26.2 Å². The van der Waals surface area contributed by atoms with Gasteiger partial charge in [-0.3, -0.25) is 0 Å². The summed E-state index contributed by atoms with van der Waals surface area (Å²) in [5, 5.41) is 0. The molecule has 1 rings (SSSR count). The summed E-state index contributed by atoms with van der Waals surface area (Å²) in [5.74, 6) is 0. The lowest BCUT2D eigenvalue weighted by Crippen LogP contribution is -2.15. The van der Waals surface area contributed by atoms with Crippen molar-refractivity contribution in [2.24, 2.45) is 7.05 Å². The van der Waals surface area contributed by atoms with Gasteiger partial charge in [-0.05, 0) is 12.2 Å². The zero-order valence-corrected chi connectivity index (χ0v) is 8.25. The monoisotopic (exact) mass is 170 g/mol. The van der Waals surface area contributed by atoms with Crippen molar-refractivity contribution < 1.29 is 0 Å². The van der Waals surface area contributed by atoms with Crippen LogP contribution < -0.4 is 0 Å². The number of aromatic nitrogens is 2. The van der Waals surface area contributed by atoms with Crippen LogP contribution in [0.2, 0.25) is 0 Å². The topological polar surface area (TPSA) is 20.7 Å². The minimum atomic E-state index is 0.169. The van der Waals surface area contributed by atoms with E-state index in [-0.39, 0.29) is 5.41 Å². The van der Waals surface area contributed by atoms with E-state index in [9.17, 15) is 0 Å². The first kappa shape index (κ1) is 8.53. The number of aromatic amines is 1. The number of H-pyrrole nitrogens is 1. The van der Waals surface area contributed by atoms with Crippen LogP contribution in [0.5, 0.6) is 0 Å². The molecule has 0 aliphatic heterocycles. The average molecular weight is 170 g/mol. The van der Waals surface area contributed by atoms with Crippen LogP contribution in [0.1, 0.15) is 26.5 Å². The molecule has 0 unspecified atom stereocenters. The van der Waals surface area contributed by atoms with Gasteiger partial charge in [-0.15, -0.1) is 0 Å². The maximum Gasteiger partial charge on any atom is 0.177 e. The molecule has 0 atom stereocenters. The van der Waals surface area contributed by atoms with Gasteiger partial charge < -0.3 is 9.55 Å². The first-order chi connectivity index (χ1) is 4.93. The lowest BCUT2D eigenvalue weighted by atomic mass is 9.93. The van der Waals surface area contributed by atoms with E-state index in [2.05, 4.69) is 25.8 Å². The van der Waals surface area contributed by atoms with E-state index < -0.39 is 0 Å². The Labute approximate surface area is 72.3 Å². The van der Waals surface area contributed by atoms with Crippen molar-refractivity contribution in [3.05, 3.63) is 16.7 Å². The van der Waals surface area contributed by atoms with E-state index in [0.29, 0.717) is 0 Å². The molecule has 0 aromatic carbocycles. The second-order valence-corrected chi connectivity index (χ2v) is 4.17. The molecule has 0 amide bonds. The van der Waals surface area contributed by atoms with Gasteiger partial charge in [-0.2, -0.15) is 0 Å². The van der Waals surface area contributed by atoms with Crippen LogP contribution in [-0.4, -0.2) is 9.55 Å². The molecular formula is C8H14N2S. The summed E-state index contributed by atoms with van der Waals surface area (Å²) in [7, 11) is 1.99. The molecule has 1 N–H and O–H groups in total. The molecule has 0 saturated carbocycles. The van der Waals surface area contributed by atoms with Crippen LogP contribution in [-0.2, 0) is 12.5 Å². The van der Waals surface area contributed by atoms with Crippen LogP contribution in [0.25, 0.3) is 0 Å². The van der Waals surface area contributed by atoms with E-state index >= 15 is 0 Å². The Balaban J connectivity index is 3.26. The summed E-state index contributed by atoms with van der Waals surface area (Å²) in [4.78, 5) is 3.02. The highest BCUT2D eigenvalue weighted by molar-refractivity contribution is 7.71. The van der Waals surface area contributed by atoms with Gasteiger partial charge in [0.25, 0.3) is 0 Å². The third-order valence-electron chi connectivity index (χ3n) is 1.77. The SMILES string of the molecule is Cn1c(C(C)(C)C)c[nH]c1=S. The zero-order chi connectivity index (χ0) is 8.65. The number of rotatable bonds is 0. The maximum atomic E-state index is 5.05. The van der Waals surface area contributed by atoms with Crippen LogP contribution in [0, 0.1) is 4.77 Å². The standard InChI is InChI=1S/C8H14N2S/c1-8(2,3)6-5-9-7(11)10(6)4/h5H,1-4H3,(H,9,11). The molecule has 0 radical (unpaired) electrons. The molecule has 0 bridgehead atoms. The Morgan fingerprint density at radius 1 is 1.45 bits per heavy atom. The smallest absolute Gasteiger partial charge is 0.177 e. The minimum Gasteiger partial charge on any atom is -0.337 e. The van der Waals surface area contributed by atoms with E-state index in [1.54, 1.807) is 0 Å². The molecule has 0 saturated heterocycles.